The highest BCUT2D eigenvalue weighted by atomic mass is 35.5. The van der Waals surface area contributed by atoms with Gasteiger partial charge in [-0.2, -0.15) is 15.3 Å². The van der Waals surface area contributed by atoms with Gasteiger partial charge >= 0.3 is 6.09 Å². The van der Waals surface area contributed by atoms with E-state index in [4.69, 9.17) is 102 Å². The molecular weight excluding hydrogens is 1730 g/mol. The number of unbranched alkanes of at least 4 members (excludes halogenated alkanes) is 3. The third-order valence-electron chi connectivity index (χ3n) is 18.7. The van der Waals surface area contributed by atoms with Crippen LogP contribution in [0.1, 0.15) is 187 Å². The van der Waals surface area contributed by atoms with Crippen molar-refractivity contribution in [2.45, 2.75) is 149 Å². The van der Waals surface area contributed by atoms with Crippen molar-refractivity contribution in [2.24, 2.45) is 0 Å². The molecule has 3 saturated heterocycles. The fourth-order valence-corrected chi connectivity index (χ4v) is 18.3. The second-order valence-electron chi connectivity index (χ2n) is 27.5. The van der Waals surface area contributed by atoms with E-state index >= 15 is 0 Å². The summed E-state index contributed by atoms with van der Waals surface area (Å²) in [5, 5.41) is 32.1. The number of imidazole rings is 1. The number of halogens is 6. The van der Waals surface area contributed by atoms with Crippen LogP contribution in [0.3, 0.4) is 0 Å². The molecule has 10 aromatic rings. The van der Waals surface area contributed by atoms with Crippen LogP contribution in [0.5, 0.6) is 0 Å². The highest BCUT2D eigenvalue weighted by Crippen LogP contribution is 2.41. The van der Waals surface area contributed by atoms with Gasteiger partial charge in [-0.3, -0.25) is 30.7 Å². The summed E-state index contributed by atoms with van der Waals surface area (Å²) in [5.74, 6) is 18.1. The number of benzene rings is 3. The molecule has 0 atom stereocenters. The topological polar surface area (TPSA) is 288 Å². The lowest BCUT2D eigenvalue weighted by Crippen LogP contribution is -2.45. The lowest BCUT2D eigenvalue weighted by atomic mass is 10.1. The number of aromatic nitrogens is 8. The maximum absolute atomic E-state index is 13.7. The summed E-state index contributed by atoms with van der Waals surface area (Å²) in [7, 11) is -2.68. The second kappa shape index (κ2) is 44.6. The van der Waals surface area contributed by atoms with Gasteiger partial charge in [0.25, 0.3) is 27.7 Å². The molecule has 3 aliphatic rings. The molecule has 119 heavy (non-hydrogen) atoms. The highest BCUT2D eigenvalue weighted by Gasteiger charge is 2.33. The fraction of sp³-hybridized carbons (Fsp3) is 0.361. The molecule has 626 valence electrons. The van der Waals surface area contributed by atoms with E-state index in [2.05, 4.69) is 103 Å². The molecule has 8 N–H and O–H groups in total. The molecule has 3 fully saturated rings. The number of hydrazine groups is 3. The van der Waals surface area contributed by atoms with E-state index in [1.165, 1.54) is 48.7 Å². The lowest BCUT2D eigenvalue weighted by Gasteiger charge is -2.26. The Morgan fingerprint density at radius 2 is 0.840 bits per heavy atom. The predicted octanol–water partition coefficient (Wildman–Crippen LogP) is 17.6. The predicted molar refractivity (Wildman–Crippen MR) is 480 cm³/mol. The number of piperidine rings is 3. The van der Waals surface area contributed by atoms with Gasteiger partial charge in [-0.05, 0) is 168 Å². The lowest BCUT2D eigenvalue weighted by molar-refractivity contribution is 0.0736. The molecular formula is C83H90Cl6N18O7S5. The van der Waals surface area contributed by atoms with Gasteiger partial charge < -0.3 is 25.7 Å². The number of aromatic amines is 1. The molecule has 3 aliphatic heterocycles. The van der Waals surface area contributed by atoms with Gasteiger partial charge in [0, 0.05) is 110 Å². The highest BCUT2D eigenvalue weighted by molar-refractivity contribution is 7.89. The first-order valence-corrected chi connectivity index (χ1v) is 45.7. The van der Waals surface area contributed by atoms with E-state index in [0.29, 0.717) is 99.2 Å². The number of carbonyl (C=O) groups is 4. The third-order valence-corrected chi connectivity index (χ3v) is 24.9. The van der Waals surface area contributed by atoms with Crippen molar-refractivity contribution >= 4 is 155 Å². The van der Waals surface area contributed by atoms with Crippen molar-refractivity contribution < 1.29 is 32.3 Å². The van der Waals surface area contributed by atoms with E-state index in [1.54, 1.807) is 73.9 Å². The minimum absolute atomic E-state index is 0.0186. The first kappa shape index (κ1) is 90.9. The zero-order valence-corrected chi connectivity index (χ0v) is 74.7. The number of methoxy groups -OCH3 is 1. The molecule has 0 saturated carbocycles. The first-order chi connectivity index (χ1) is 57.6. The van der Waals surface area contributed by atoms with Crippen molar-refractivity contribution in [3.05, 3.63) is 182 Å². The Balaban J connectivity index is 0.000000175. The van der Waals surface area contributed by atoms with E-state index in [9.17, 15) is 27.6 Å². The monoisotopic (exact) mass is 1820 g/mol. The van der Waals surface area contributed by atoms with Crippen LogP contribution in [0.15, 0.2) is 109 Å². The second-order valence-corrected chi connectivity index (χ2v) is 35.4. The number of carbonyl (C=O) groups excluding carboxylic acids is 4. The number of hydrogen-bond donors (Lipinski definition) is 8. The number of H-pyrrole nitrogens is 1. The maximum Gasteiger partial charge on any atom is 0.407 e. The normalized spacial score (nSPS) is 13.6. The minimum Gasteiger partial charge on any atom is -0.453 e. The SMILES string of the molecule is CCCC#Cc1ccc(-c2c(CNC(=O)OC)c(C(=O)NN3CCCCC3)nn2-c2ccc(Cl)cc2Cl)s1.CCCC#Cc1ccc(-c2c(CNC(=S)NCC)c(C(=O)NN3CCCCC3)nn2-c2ccc(Cl)cc2Cl)s1.CCCC#Cc1ccc(-c2c(CNS(=O)(=O)c3cnc[nH]3)c(C(=O)NN3CCCCC3)nn2-c2ccc(Cl)cc2Cl)s1. The summed E-state index contributed by atoms with van der Waals surface area (Å²) < 4.78 is 38.4. The quantitative estimate of drug-likeness (QED) is 0.0206. The van der Waals surface area contributed by atoms with Crippen LogP contribution < -0.4 is 36.9 Å². The Bertz CT molecular complexity index is 5550. The standard InChI is InChI=1S/C28H29Cl2N7O3S2.C28H32Cl2N6OS2.C27H29Cl2N5O3S/c1-2-3-5-8-20-10-12-24(41-20)27-21(16-33-42(39,40)25-17-31-18-32-25)26(28(38)35-36-13-6-4-7-14-36)34-37(27)23-11-9-19(29)15-22(23)30;1-3-5-7-10-20-12-14-24(39-20)26-21(18-32-28(38)31-4-2)25(27(37)34-35-15-8-6-9-16-35)33-36(26)23-13-11-19(29)17-22(23)30;1-3-4-6-9-19-11-13-23(38-19)25-20(17-30-27(36)37-2)24(26(35)32-33-14-7-5-8-15-33)31-34(25)22-12-10-18(28)16-21(22)29/h9-12,15,17-18,33H,2-4,6-7,13-14,16H2,1H3,(H,31,32)(H,35,38);11-14,17H,3-6,8-9,15-16,18H2,1-2H3,(H,34,37)(H2,31,32,38);10-13,16H,3-5,7-8,14-15,17H2,1-2H3,(H,30,36)(H,32,35). The van der Waals surface area contributed by atoms with Crippen molar-refractivity contribution in [1.29, 1.82) is 0 Å². The number of nitrogens with one attached hydrogen (secondary N) is 8. The number of thiocarbonyl (C=S) groups is 1. The average Bonchev–Trinajstić information content (AvgIpc) is 1.62. The zero-order valence-electron chi connectivity index (χ0n) is 66.1. The molecule has 0 unspecified atom stereocenters. The minimum atomic E-state index is -3.97. The number of thiophene rings is 3. The van der Waals surface area contributed by atoms with Gasteiger partial charge in [0.1, 0.15) is 0 Å². The molecule has 0 radical (unpaired) electrons. The van der Waals surface area contributed by atoms with E-state index in [1.807, 2.05) is 64.4 Å². The van der Waals surface area contributed by atoms with Gasteiger partial charge in [0.15, 0.2) is 27.2 Å². The Labute approximate surface area is 740 Å². The first-order valence-electron chi connectivity index (χ1n) is 39.1. The summed E-state index contributed by atoms with van der Waals surface area (Å²) in [5.41, 5.74) is 14.7. The van der Waals surface area contributed by atoms with Crippen LogP contribution >= 0.6 is 116 Å². The van der Waals surface area contributed by atoms with Crippen LogP contribution in [0.2, 0.25) is 30.1 Å². The van der Waals surface area contributed by atoms with Crippen molar-refractivity contribution in [3.8, 4) is 84.3 Å². The number of amides is 4. The zero-order chi connectivity index (χ0) is 84.5. The van der Waals surface area contributed by atoms with Crippen LogP contribution in [0.4, 0.5) is 4.79 Å². The third kappa shape index (κ3) is 24.5. The summed E-state index contributed by atoms with van der Waals surface area (Å²) >= 11 is 48.3. The Kier molecular flexibility index (Phi) is 34.1. The molecule has 7 aromatic heterocycles. The van der Waals surface area contributed by atoms with Crippen LogP contribution in [0, 0.1) is 35.5 Å². The molecule has 0 bridgehead atoms. The van der Waals surface area contributed by atoms with Crippen LogP contribution in [-0.4, -0.2) is 145 Å². The maximum atomic E-state index is 13.7. The van der Waals surface area contributed by atoms with E-state index in [0.717, 1.165) is 164 Å². The molecule has 10 heterocycles. The largest absolute Gasteiger partial charge is 0.453 e. The summed E-state index contributed by atoms with van der Waals surface area (Å²) in [6, 6.07) is 27.0. The smallest absolute Gasteiger partial charge is 0.407 e. The van der Waals surface area contributed by atoms with Crippen LogP contribution in [-0.2, 0) is 34.4 Å². The molecule has 0 aliphatic carbocycles. The Morgan fingerprint density at radius 3 is 1.16 bits per heavy atom. The number of hydrogen-bond acceptors (Lipinski definition) is 18. The Hall–Kier alpha value is -8.82. The molecule has 25 nitrogen and oxygen atoms in total. The number of rotatable bonds is 24. The number of ether oxygens (including phenoxy) is 1. The summed E-state index contributed by atoms with van der Waals surface area (Å²) in [6.45, 7) is 13.6. The molecule has 3 aromatic carbocycles. The van der Waals surface area contributed by atoms with Crippen LogP contribution in [0.25, 0.3) is 48.8 Å². The van der Waals surface area contributed by atoms with E-state index < -0.39 is 22.0 Å². The summed E-state index contributed by atoms with van der Waals surface area (Å²) in [6.07, 6.45) is 16.7. The van der Waals surface area contributed by atoms with Crippen molar-refractivity contribution in [3.63, 3.8) is 0 Å². The number of sulfonamides is 1. The van der Waals surface area contributed by atoms with Crippen molar-refractivity contribution in [1.82, 2.24) is 91.3 Å². The van der Waals surface area contributed by atoms with Gasteiger partial charge in [0.05, 0.1) is 105 Å². The van der Waals surface area contributed by atoms with Crippen molar-refractivity contribution in [2.75, 3.05) is 52.9 Å². The van der Waals surface area contributed by atoms with Gasteiger partial charge in [-0.15, -0.1) is 34.0 Å². The molecule has 0 spiro atoms. The Morgan fingerprint density at radius 1 is 0.487 bits per heavy atom. The van der Waals surface area contributed by atoms with E-state index in [-0.39, 0.29) is 41.3 Å². The molecule has 36 heteroatoms. The molecule has 4 amide bonds. The fourth-order valence-electron chi connectivity index (χ4n) is 12.9. The number of nitrogens with zero attached hydrogens (tertiary/aromatic N) is 10. The van der Waals surface area contributed by atoms with Gasteiger partial charge in [-0.1, -0.05) is 145 Å². The molecule has 13 rings (SSSR count). The summed E-state index contributed by atoms with van der Waals surface area (Å²) in [4.78, 5) is 64.5. The average molecular weight is 1820 g/mol. The van der Waals surface area contributed by atoms with Gasteiger partial charge in [-0.25, -0.2) is 52.0 Å². The van der Waals surface area contributed by atoms with Gasteiger partial charge in [0.2, 0.25) is 0 Å². The number of alkyl carbamates (subject to hydrolysis) is 1.